The Labute approximate surface area is 131 Å². The highest BCUT2D eigenvalue weighted by Gasteiger charge is 2.18. The SMILES string of the molecule is CCNC(CSC(C)CC)c1cnnn1-c1ccccc1. The van der Waals surface area contributed by atoms with E-state index in [0.29, 0.717) is 5.25 Å². The lowest BCUT2D eigenvalue weighted by Gasteiger charge is -2.20. The number of benzene rings is 1. The van der Waals surface area contributed by atoms with Crippen molar-refractivity contribution in [3.63, 3.8) is 0 Å². The Kier molecular flexibility index (Phi) is 6.26. The number of hydrogen-bond donors (Lipinski definition) is 1. The van der Waals surface area contributed by atoms with Crippen molar-refractivity contribution in [1.29, 1.82) is 0 Å². The smallest absolute Gasteiger partial charge is 0.0823 e. The predicted octanol–water partition coefficient (Wildman–Crippen LogP) is 3.45. The molecule has 0 saturated heterocycles. The van der Waals surface area contributed by atoms with Gasteiger partial charge in [0.2, 0.25) is 0 Å². The van der Waals surface area contributed by atoms with E-state index in [2.05, 4.69) is 48.5 Å². The third-order valence-electron chi connectivity index (χ3n) is 3.51. The normalized spacial score (nSPS) is 14.0. The molecule has 1 heterocycles. The average molecular weight is 304 g/mol. The quantitative estimate of drug-likeness (QED) is 0.811. The van der Waals surface area contributed by atoms with Gasteiger partial charge in [-0.15, -0.1) is 5.10 Å². The van der Waals surface area contributed by atoms with Crippen LogP contribution < -0.4 is 5.32 Å². The average Bonchev–Trinajstić information content (AvgIpc) is 3.01. The van der Waals surface area contributed by atoms with Crippen LogP contribution in [0.25, 0.3) is 5.69 Å². The van der Waals surface area contributed by atoms with E-state index in [1.54, 1.807) is 0 Å². The highest BCUT2D eigenvalue weighted by Crippen LogP contribution is 2.23. The van der Waals surface area contributed by atoms with Crippen LogP contribution in [0.5, 0.6) is 0 Å². The minimum absolute atomic E-state index is 0.268. The minimum atomic E-state index is 0.268. The molecule has 5 heteroatoms. The maximum absolute atomic E-state index is 4.25. The first-order valence-electron chi connectivity index (χ1n) is 7.57. The molecule has 2 unspecified atom stereocenters. The molecule has 0 aliphatic heterocycles. The number of aromatic nitrogens is 3. The Morgan fingerprint density at radius 2 is 2.00 bits per heavy atom. The fourth-order valence-corrected chi connectivity index (χ4v) is 3.17. The van der Waals surface area contributed by atoms with Crippen LogP contribution in [-0.2, 0) is 0 Å². The van der Waals surface area contributed by atoms with Gasteiger partial charge in [0, 0.05) is 11.0 Å². The molecule has 4 nitrogen and oxygen atoms in total. The number of rotatable bonds is 8. The lowest BCUT2D eigenvalue weighted by atomic mass is 10.2. The number of thioether (sulfide) groups is 1. The third-order valence-corrected chi connectivity index (χ3v) is 4.93. The molecule has 1 N–H and O–H groups in total. The zero-order chi connectivity index (χ0) is 15.1. The summed E-state index contributed by atoms with van der Waals surface area (Å²) in [5, 5.41) is 12.6. The monoisotopic (exact) mass is 304 g/mol. The van der Waals surface area contributed by atoms with Crippen LogP contribution in [0.2, 0.25) is 0 Å². The second-order valence-corrected chi connectivity index (χ2v) is 6.54. The summed E-state index contributed by atoms with van der Waals surface area (Å²) in [5.41, 5.74) is 2.18. The zero-order valence-electron chi connectivity index (χ0n) is 13.0. The predicted molar refractivity (Wildman–Crippen MR) is 90.0 cm³/mol. The van der Waals surface area contributed by atoms with E-state index in [4.69, 9.17) is 0 Å². The molecule has 0 amide bonds. The molecule has 21 heavy (non-hydrogen) atoms. The summed E-state index contributed by atoms with van der Waals surface area (Å²) in [5.74, 6) is 1.03. The van der Waals surface area contributed by atoms with Gasteiger partial charge < -0.3 is 5.32 Å². The van der Waals surface area contributed by atoms with Crippen LogP contribution in [0.15, 0.2) is 36.5 Å². The maximum atomic E-state index is 4.25. The van der Waals surface area contributed by atoms with Crippen molar-refractivity contribution in [2.24, 2.45) is 0 Å². The molecule has 0 spiro atoms. The van der Waals surface area contributed by atoms with E-state index in [1.165, 1.54) is 6.42 Å². The number of para-hydroxylation sites is 1. The molecule has 0 radical (unpaired) electrons. The van der Waals surface area contributed by atoms with Crippen molar-refractivity contribution in [3.8, 4) is 5.69 Å². The van der Waals surface area contributed by atoms with Crippen molar-refractivity contribution in [2.45, 2.75) is 38.5 Å². The van der Waals surface area contributed by atoms with Crippen molar-refractivity contribution in [2.75, 3.05) is 12.3 Å². The number of nitrogens with one attached hydrogen (secondary N) is 1. The molecule has 0 bridgehead atoms. The van der Waals surface area contributed by atoms with E-state index >= 15 is 0 Å². The van der Waals surface area contributed by atoms with Crippen LogP contribution in [0, 0.1) is 0 Å². The lowest BCUT2D eigenvalue weighted by molar-refractivity contribution is 0.569. The molecule has 1 aromatic carbocycles. The minimum Gasteiger partial charge on any atom is -0.308 e. The Balaban J connectivity index is 2.19. The van der Waals surface area contributed by atoms with Gasteiger partial charge in [-0.25, -0.2) is 4.68 Å². The standard InChI is InChI=1S/C16H24N4S/c1-4-13(3)21-12-15(17-5-2)16-11-18-19-20(16)14-9-7-6-8-10-14/h6-11,13,15,17H,4-5,12H2,1-3H3. The summed E-state index contributed by atoms with van der Waals surface area (Å²) in [6.45, 7) is 7.58. The second-order valence-electron chi connectivity index (χ2n) is 5.07. The van der Waals surface area contributed by atoms with E-state index in [-0.39, 0.29) is 6.04 Å². The van der Waals surface area contributed by atoms with Gasteiger partial charge in [0.25, 0.3) is 0 Å². The highest BCUT2D eigenvalue weighted by molar-refractivity contribution is 7.99. The largest absolute Gasteiger partial charge is 0.308 e. The molecule has 2 aromatic rings. The van der Waals surface area contributed by atoms with Gasteiger partial charge in [0.05, 0.1) is 23.6 Å². The third kappa shape index (κ3) is 4.32. The molecular weight excluding hydrogens is 280 g/mol. The summed E-state index contributed by atoms with van der Waals surface area (Å²) < 4.78 is 1.94. The second kappa shape index (κ2) is 8.20. The van der Waals surface area contributed by atoms with E-state index in [1.807, 2.05) is 40.8 Å². The van der Waals surface area contributed by atoms with Gasteiger partial charge in [-0.05, 0) is 25.1 Å². The van der Waals surface area contributed by atoms with Crippen molar-refractivity contribution >= 4 is 11.8 Å². The molecular formula is C16H24N4S. The fourth-order valence-electron chi connectivity index (χ4n) is 2.12. The molecule has 1 aromatic heterocycles. The first-order valence-corrected chi connectivity index (χ1v) is 8.62. The van der Waals surface area contributed by atoms with Gasteiger partial charge in [0.1, 0.15) is 0 Å². The van der Waals surface area contributed by atoms with Gasteiger partial charge in [-0.1, -0.05) is 44.2 Å². The number of hydrogen-bond acceptors (Lipinski definition) is 4. The van der Waals surface area contributed by atoms with Crippen LogP contribution in [0.4, 0.5) is 0 Å². The maximum Gasteiger partial charge on any atom is 0.0823 e. The highest BCUT2D eigenvalue weighted by atomic mass is 32.2. The molecule has 0 saturated carbocycles. The molecule has 114 valence electrons. The van der Waals surface area contributed by atoms with Gasteiger partial charge in [0.15, 0.2) is 0 Å². The summed E-state index contributed by atoms with van der Waals surface area (Å²) in [7, 11) is 0. The molecule has 0 aliphatic carbocycles. The van der Waals surface area contributed by atoms with Crippen molar-refractivity contribution < 1.29 is 0 Å². The molecule has 0 fully saturated rings. The Hall–Kier alpha value is -1.33. The molecule has 2 rings (SSSR count). The summed E-state index contributed by atoms with van der Waals surface area (Å²) in [6, 6.07) is 10.4. The summed E-state index contributed by atoms with van der Waals surface area (Å²) in [4.78, 5) is 0. The van der Waals surface area contributed by atoms with Crippen molar-refractivity contribution in [1.82, 2.24) is 20.3 Å². The number of nitrogens with zero attached hydrogens (tertiary/aromatic N) is 3. The first kappa shape index (κ1) is 16.0. The van der Waals surface area contributed by atoms with E-state index in [9.17, 15) is 0 Å². The van der Waals surface area contributed by atoms with Gasteiger partial charge >= 0.3 is 0 Å². The van der Waals surface area contributed by atoms with Crippen molar-refractivity contribution in [3.05, 3.63) is 42.2 Å². The summed E-state index contributed by atoms with van der Waals surface area (Å²) >= 11 is 2.00. The summed E-state index contributed by atoms with van der Waals surface area (Å²) in [6.07, 6.45) is 3.07. The first-order chi connectivity index (χ1) is 10.3. The lowest BCUT2D eigenvalue weighted by Crippen LogP contribution is -2.26. The van der Waals surface area contributed by atoms with Crippen LogP contribution >= 0.6 is 11.8 Å². The van der Waals surface area contributed by atoms with Gasteiger partial charge in [-0.3, -0.25) is 0 Å². The van der Waals surface area contributed by atoms with Crippen LogP contribution in [0.3, 0.4) is 0 Å². The zero-order valence-corrected chi connectivity index (χ0v) is 13.8. The van der Waals surface area contributed by atoms with E-state index in [0.717, 1.165) is 23.7 Å². The Morgan fingerprint density at radius 3 is 2.67 bits per heavy atom. The Morgan fingerprint density at radius 1 is 1.24 bits per heavy atom. The van der Waals surface area contributed by atoms with E-state index < -0.39 is 0 Å². The molecule has 0 aliphatic rings. The molecule has 2 atom stereocenters. The Bertz CT molecular complexity index is 526. The van der Waals surface area contributed by atoms with Crippen LogP contribution in [-0.4, -0.2) is 32.5 Å². The van der Waals surface area contributed by atoms with Gasteiger partial charge in [-0.2, -0.15) is 11.8 Å². The fraction of sp³-hybridized carbons (Fsp3) is 0.500. The topological polar surface area (TPSA) is 42.7 Å². The van der Waals surface area contributed by atoms with Crippen LogP contribution in [0.1, 0.15) is 38.9 Å².